The van der Waals surface area contributed by atoms with Gasteiger partial charge in [0.2, 0.25) is 5.91 Å². The molecule has 0 bridgehead atoms. The van der Waals surface area contributed by atoms with Gasteiger partial charge in [-0.15, -0.1) is 0 Å². The largest absolute Gasteiger partial charge is 0.340 e. The lowest BCUT2D eigenvalue weighted by molar-refractivity contribution is -0.129. The third-order valence-corrected chi connectivity index (χ3v) is 5.87. The van der Waals surface area contributed by atoms with Gasteiger partial charge in [-0.1, -0.05) is 39.3 Å². The van der Waals surface area contributed by atoms with E-state index in [1.54, 1.807) is 4.90 Å². The predicted octanol–water partition coefficient (Wildman–Crippen LogP) is 2.94. The molecule has 0 atom stereocenters. The highest BCUT2D eigenvalue weighted by Crippen LogP contribution is 2.16. The first-order valence-electron chi connectivity index (χ1n) is 8.68. The van der Waals surface area contributed by atoms with Gasteiger partial charge in [0.25, 0.3) is 0 Å². The van der Waals surface area contributed by atoms with Crippen LogP contribution in [0.4, 0.5) is 0 Å². The number of nitrogens with zero attached hydrogens (tertiary/aromatic N) is 2. The first kappa shape index (κ1) is 21.9. The Bertz CT molecular complexity index is 641. The van der Waals surface area contributed by atoms with Crippen LogP contribution in [0.2, 0.25) is 5.02 Å². The van der Waals surface area contributed by atoms with Crippen molar-refractivity contribution in [2.75, 3.05) is 38.5 Å². The van der Waals surface area contributed by atoms with Crippen LogP contribution in [-0.2, 0) is 14.6 Å². The topological polar surface area (TPSA) is 57.7 Å². The minimum atomic E-state index is -3.67. The third kappa shape index (κ3) is 7.34. The lowest BCUT2D eigenvalue weighted by Crippen LogP contribution is -2.43. The monoisotopic (exact) mass is 388 g/mol. The summed E-state index contributed by atoms with van der Waals surface area (Å²) in [6.07, 6.45) is 0. The van der Waals surface area contributed by atoms with Gasteiger partial charge < -0.3 is 9.80 Å². The molecule has 0 saturated heterocycles. The standard InChI is InChI=1S/C18H29ClN2O3S/c1-5-20(6-2)11-12-21(13-15(3)4)18(22)14-25(23,24)17-9-7-16(19)8-10-17/h7-10,15H,5-6,11-14H2,1-4H3. The summed E-state index contributed by atoms with van der Waals surface area (Å²) in [5.41, 5.74) is 0. The number of carbonyl (C=O) groups is 1. The summed E-state index contributed by atoms with van der Waals surface area (Å²) in [6, 6.07) is 5.91. The second kappa shape index (κ2) is 10.1. The Balaban J connectivity index is 2.84. The lowest BCUT2D eigenvalue weighted by atomic mass is 10.2. The number of rotatable bonds is 10. The third-order valence-electron chi connectivity index (χ3n) is 4.01. The van der Waals surface area contributed by atoms with Gasteiger partial charge in [-0.25, -0.2) is 8.42 Å². The molecule has 0 aliphatic heterocycles. The van der Waals surface area contributed by atoms with Crippen molar-refractivity contribution in [2.45, 2.75) is 32.6 Å². The van der Waals surface area contributed by atoms with Gasteiger partial charge in [0.05, 0.1) is 4.90 Å². The van der Waals surface area contributed by atoms with Crippen LogP contribution in [0.25, 0.3) is 0 Å². The molecule has 0 unspecified atom stereocenters. The van der Waals surface area contributed by atoms with E-state index in [4.69, 9.17) is 11.6 Å². The summed E-state index contributed by atoms with van der Waals surface area (Å²) in [4.78, 5) is 16.6. The Labute approximate surface area is 156 Å². The number of hydrogen-bond acceptors (Lipinski definition) is 4. The second-order valence-electron chi connectivity index (χ2n) is 6.47. The van der Waals surface area contributed by atoms with E-state index in [9.17, 15) is 13.2 Å². The molecule has 1 aromatic rings. The molecule has 1 aromatic carbocycles. The molecule has 142 valence electrons. The zero-order valence-corrected chi connectivity index (χ0v) is 17.1. The van der Waals surface area contributed by atoms with Crippen molar-refractivity contribution >= 4 is 27.3 Å². The van der Waals surface area contributed by atoms with Crippen molar-refractivity contribution in [3.8, 4) is 0 Å². The SMILES string of the molecule is CCN(CC)CCN(CC(C)C)C(=O)CS(=O)(=O)c1ccc(Cl)cc1. The van der Waals surface area contributed by atoms with Crippen LogP contribution >= 0.6 is 11.6 Å². The Hall–Kier alpha value is -1.11. The Kier molecular flexibility index (Phi) is 8.89. The highest BCUT2D eigenvalue weighted by molar-refractivity contribution is 7.92. The number of benzene rings is 1. The van der Waals surface area contributed by atoms with E-state index in [0.29, 0.717) is 18.1 Å². The second-order valence-corrected chi connectivity index (χ2v) is 8.90. The number of likely N-dealkylation sites (N-methyl/N-ethyl adjacent to an activating group) is 1. The fourth-order valence-corrected chi connectivity index (χ4v) is 3.89. The summed E-state index contributed by atoms with van der Waals surface area (Å²) in [5, 5.41) is 0.464. The zero-order chi connectivity index (χ0) is 19.0. The Morgan fingerprint density at radius 1 is 1.08 bits per heavy atom. The Morgan fingerprint density at radius 3 is 2.12 bits per heavy atom. The number of carbonyl (C=O) groups excluding carboxylic acids is 1. The van der Waals surface area contributed by atoms with Crippen molar-refractivity contribution in [3.63, 3.8) is 0 Å². The average molecular weight is 389 g/mol. The van der Waals surface area contributed by atoms with Crippen LogP contribution < -0.4 is 0 Å². The number of amides is 1. The molecule has 0 N–H and O–H groups in total. The highest BCUT2D eigenvalue weighted by atomic mass is 35.5. The van der Waals surface area contributed by atoms with Crippen LogP contribution in [-0.4, -0.2) is 62.6 Å². The molecule has 1 rings (SSSR count). The predicted molar refractivity (Wildman–Crippen MR) is 103 cm³/mol. The van der Waals surface area contributed by atoms with Crippen molar-refractivity contribution in [1.29, 1.82) is 0 Å². The van der Waals surface area contributed by atoms with Crippen LogP contribution in [0.15, 0.2) is 29.2 Å². The van der Waals surface area contributed by atoms with Gasteiger partial charge in [-0.2, -0.15) is 0 Å². The molecule has 0 saturated carbocycles. The van der Waals surface area contributed by atoms with Crippen LogP contribution in [0.5, 0.6) is 0 Å². The molecule has 0 spiro atoms. The molecular formula is C18H29ClN2O3S. The normalized spacial score (nSPS) is 12.0. The van der Waals surface area contributed by atoms with E-state index in [-0.39, 0.29) is 16.7 Å². The highest BCUT2D eigenvalue weighted by Gasteiger charge is 2.24. The maximum atomic E-state index is 12.6. The maximum absolute atomic E-state index is 12.6. The molecule has 5 nitrogen and oxygen atoms in total. The van der Waals surface area contributed by atoms with Gasteiger partial charge >= 0.3 is 0 Å². The first-order chi connectivity index (χ1) is 11.7. The van der Waals surface area contributed by atoms with Gasteiger partial charge in [-0.05, 0) is 43.3 Å². The van der Waals surface area contributed by atoms with Crippen LogP contribution in [0.1, 0.15) is 27.7 Å². The smallest absolute Gasteiger partial charge is 0.238 e. The summed E-state index contributed by atoms with van der Waals surface area (Å²) >= 11 is 5.80. The minimum Gasteiger partial charge on any atom is -0.340 e. The van der Waals surface area contributed by atoms with Crippen molar-refractivity contribution in [3.05, 3.63) is 29.3 Å². The molecule has 25 heavy (non-hydrogen) atoms. The summed E-state index contributed by atoms with van der Waals surface area (Å²) in [7, 11) is -3.67. The van der Waals surface area contributed by atoms with Gasteiger partial charge in [0.1, 0.15) is 5.75 Å². The minimum absolute atomic E-state index is 0.124. The fraction of sp³-hybridized carbons (Fsp3) is 0.611. The molecule has 0 aliphatic carbocycles. The van der Waals surface area contributed by atoms with E-state index in [2.05, 4.69) is 18.7 Å². The van der Waals surface area contributed by atoms with Crippen LogP contribution in [0, 0.1) is 5.92 Å². The number of hydrogen-bond donors (Lipinski definition) is 0. The zero-order valence-electron chi connectivity index (χ0n) is 15.5. The molecule has 0 aromatic heterocycles. The van der Waals surface area contributed by atoms with Crippen LogP contribution in [0.3, 0.4) is 0 Å². The summed E-state index contributed by atoms with van der Waals surface area (Å²) < 4.78 is 25.0. The van der Waals surface area contributed by atoms with E-state index in [1.807, 2.05) is 13.8 Å². The van der Waals surface area contributed by atoms with Crippen molar-refractivity contribution < 1.29 is 13.2 Å². The molecule has 0 heterocycles. The number of sulfone groups is 1. The first-order valence-corrected chi connectivity index (χ1v) is 10.7. The van der Waals surface area contributed by atoms with E-state index < -0.39 is 15.6 Å². The van der Waals surface area contributed by atoms with Gasteiger partial charge in [-0.3, -0.25) is 4.79 Å². The quantitative estimate of drug-likeness (QED) is 0.618. The van der Waals surface area contributed by atoms with Crippen molar-refractivity contribution in [2.24, 2.45) is 5.92 Å². The molecular weight excluding hydrogens is 360 g/mol. The number of halogens is 1. The van der Waals surface area contributed by atoms with E-state index in [0.717, 1.165) is 19.6 Å². The van der Waals surface area contributed by atoms with Gasteiger partial charge in [0.15, 0.2) is 9.84 Å². The van der Waals surface area contributed by atoms with E-state index >= 15 is 0 Å². The molecule has 7 heteroatoms. The molecule has 0 fully saturated rings. The van der Waals surface area contributed by atoms with Gasteiger partial charge in [0, 0.05) is 24.7 Å². The average Bonchev–Trinajstić information content (AvgIpc) is 2.54. The van der Waals surface area contributed by atoms with Crippen molar-refractivity contribution in [1.82, 2.24) is 9.80 Å². The Morgan fingerprint density at radius 2 is 1.64 bits per heavy atom. The summed E-state index contributed by atoms with van der Waals surface area (Å²) in [6.45, 7) is 11.8. The lowest BCUT2D eigenvalue weighted by Gasteiger charge is -2.28. The summed E-state index contributed by atoms with van der Waals surface area (Å²) in [5.74, 6) is -0.589. The molecule has 0 aliphatic rings. The molecule has 0 radical (unpaired) electrons. The fourth-order valence-electron chi connectivity index (χ4n) is 2.54. The van der Waals surface area contributed by atoms with E-state index in [1.165, 1.54) is 24.3 Å². The maximum Gasteiger partial charge on any atom is 0.238 e. The molecule has 1 amide bonds.